The van der Waals surface area contributed by atoms with Gasteiger partial charge in [-0.3, -0.25) is 9.36 Å². The first-order chi connectivity index (χ1) is 23.1. The molecular weight excluding hydrogens is 671 g/mol. The molecule has 5 rings (SSSR count). The second-order valence-corrected chi connectivity index (χ2v) is 13.1. The molecule has 0 radical (unpaired) electrons. The fourth-order valence-corrected chi connectivity index (χ4v) is 6.85. The predicted octanol–water partition coefficient (Wildman–Crippen LogP) is 7.21. The van der Waals surface area contributed by atoms with Gasteiger partial charge in [0.15, 0.2) is 16.3 Å². The van der Waals surface area contributed by atoms with E-state index < -0.39 is 12.0 Å². The van der Waals surface area contributed by atoms with E-state index in [0.29, 0.717) is 54.3 Å². The Bertz CT molecular complexity index is 2080. The Kier molecular flexibility index (Phi) is 11.1. The third-order valence-electron chi connectivity index (χ3n) is 7.50. The van der Waals surface area contributed by atoms with Crippen LogP contribution >= 0.6 is 34.5 Å². The van der Waals surface area contributed by atoms with Crippen molar-refractivity contribution in [1.29, 1.82) is 0 Å². The van der Waals surface area contributed by atoms with E-state index >= 15 is 0 Å². The largest absolute Gasteiger partial charge is 0.493 e. The fourth-order valence-electron chi connectivity index (χ4n) is 5.48. The summed E-state index contributed by atoms with van der Waals surface area (Å²) in [6.45, 7) is 11.7. The molecule has 0 spiro atoms. The van der Waals surface area contributed by atoms with Crippen molar-refractivity contribution in [3.8, 4) is 17.2 Å². The molecule has 0 N–H and O–H groups in total. The molecule has 8 nitrogen and oxygen atoms in total. The van der Waals surface area contributed by atoms with Gasteiger partial charge in [-0.1, -0.05) is 64.9 Å². The molecule has 0 bridgehead atoms. The first-order valence-corrected chi connectivity index (χ1v) is 17.0. The minimum absolute atomic E-state index is 0.131. The van der Waals surface area contributed by atoms with Gasteiger partial charge in [0.25, 0.3) is 5.56 Å². The number of rotatable bonds is 12. The van der Waals surface area contributed by atoms with E-state index in [9.17, 15) is 9.59 Å². The van der Waals surface area contributed by atoms with Gasteiger partial charge in [0.05, 0.1) is 45.7 Å². The molecule has 2 heterocycles. The van der Waals surface area contributed by atoms with Gasteiger partial charge in [0.2, 0.25) is 0 Å². The number of benzene rings is 3. The van der Waals surface area contributed by atoms with Gasteiger partial charge in [-0.15, -0.1) is 6.58 Å². The average Bonchev–Trinajstić information content (AvgIpc) is 3.35. The Morgan fingerprint density at radius 3 is 2.56 bits per heavy atom. The molecule has 1 aliphatic rings. The molecule has 0 saturated carbocycles. The maximum atomic E-state index is 14.3. The van der Waals surface area contributed by atoms with Gasteiger partial charge in [0, 0.05) is 11.1 Å². The third-order valence-corrected chi connectivity index (χ3v) is 9.22. The number of para-hydroxylation sites is 1. The predicted molar refractivity (Wildman–Crippen MR) is 190 cm³/mol. The van der Waals surface area contributed by atoms with Crippen LogP contribution in [0, 0.1) is 0 Å². The number of carbonyl (C=O) groups excluding carboxylic acids is 1. The molecule has 1 aromatic heterocycles. The van der Waals surface area contributed by atoms with Crippen molar-refractivity contribution in [3.05, 3.63) is 131 Å². The van der Waals surface area contributed by atoms with Crippen LogP contribution in [0.4, 0.5) is 0 Å². The topological polar surface area (TPSA) is 88.4 Å². The van der Waals surface area contributed by atoms with Gasteiger partial charge in [0.1, 0.15) is 18.4 Å². The summed E-state index contributed by atoms with van der Waals surface area (Å²) in [6.07, 6.45) is 3.92. The van der Waals surface area contributed by atoms with E-state index in [4.69, 9.17) is 47.1 Å². The van der Waals surface area contributed by atoms with Crippen molar-refractivity contribution in [2.24, 2.45) is 4.99 Å². The highest BCUT2D eigenvalue weighted by atomic mass is 35.5. The highest BCUT2D eigenvalue weighted by Gasteiger charge is 2.35. The van der Waals surface area contributed by atoms with Crippen molar-refractivity contribution in [1.82, 2.24) is 4.57 Å². The SMILES string of the molecule is C=CCc1cc(/C=c2/sc3n(c2=O)[C@H](c2ccccc2OC(C)C)C(C(=O)OCC)=C(C)N=3)cc(OC)c1OCc1ccc(Cl)c(Cl)c1. The molecule has 0 aliphatic carbocycles. The zero-order valence-corrected chi connectivity index (χ0v) is 29.7. The summed E-state index contributed by atoms with van der Waals surface area (Å²) in [6, 6.07) is 15.7. The zero-order chi connectivity index (χ0) is 34.5. The second kappa shape index (κ2) is 15.3. The Hall–Kier alpha value is -4.31. The quantitative estimate of drug-likeness (QED) is 0.114. The van der Waals surface area contributed by atoms with Gasteiger partial charge in [-0.05, 0) is 81.7 Å². The van der Waals surface area contributed by atoms with Crippen molar-refractivity contribution in [2.75, 3.05) is 13.7 Å². The molecule has 3 aromatic carbocycles. The number of hydrogen-bond donors (Lipinski definition) is 0. The molecule has 1 aliphatic heterocycles. The van der Waals surface area contributed by atoms with Crippen LogP contribution in [0.2, 0.25) is 10.0 Å². The second-order valence-electron chi connectivity index (χ2n) is 11.2. The van der Waals surface area contributed by atoms with Crippen LogP contribution in [0.5, 0.6) is 17.2 Å². The van der Waals surface area contributed by atoms with E-state index in [1.54, 1.807) is 49.8 Å². The molecule has 0 fully saturated rings. The van der Waals surface area contributed by atoms with Crippen LogP contribution in [0.1, 0.15) is 56.0 Å². The lowest BCUT2D eigenvalue weighted by Crippen LogP contribution is -2.40. The molecular formula is C37H36Cl2N2O6S. The van der Waals surface area contributed by atoms with Crippen molar-refractivity contribution >= 4 is 46.6 Å². The number of methoxy groups -OCH3 is 1. The lowest BCUT2D eigenvalue weighted by molar-refractivity contribution is -0.139. The van der Waals surface area contributed by atoms with Crippen LogP contribution in [0.3, 0.4) is 0 Å². The lowest BCUT2D eigenvalue weighted by atomic mass is 9.95. The van der Waals surface area contributed by atoms with E-state index in [-0.39, 0.29) is 30.5 Å². The molecule has 1 atom stereocenters. The van der Waals surface area contributed by atoms with Crippen LogP contribution in [0.15, 0.2) is 88.3 Å². The molecule has 0 amide bonds. The monoisotopic (exact) mass is 706 g/mol. The van der Waals surface area contributed by atoms with Gasteiger partial charge in [-0.2, -0.15) is 0 Å². The van der Waals surface area contributed by atoms with Crippen molar-refractivity contribution < 1.29 is 23.7 Å². The van der Waals surface area contributed by atoms with Gasteiger partial charge in [-0.25, -0.2) is 9.79 Å². The van der Waals surface area contributed by atoms with Crippen molar-refractivity contribution in [3.63, 3.8) is 0 Å². The number of aromatic nitrogens is 1. The smallest absolute Gasteiger partial charge is 0.338 e. The number of halogens is 2. The first kappa shape index (κ1) is 35.0. The number of nitrogens with zero attached hydrogens (tertiary/aromatic N) is 2. The number of carbonyl (C=O) groups is 1. The highest BCUT2D eigenvalue weighted by molar-refractivity contribution is 7.07. The van der Waals surface area contributed by atoms with Crippen LogP contribution in [-0.2, 0) is 22.6 Å². The van der Waals surface area contributed by atoms with E-state index in [1.165, 1.54) is 11.3 Å². The maximum Gasteiger partial charge on any atom is 0.338 e. The minimum atomic E-state index is -0.805. The highest BCUT2D eigenvalue weighted by Crippen LogP contribution is 2.37. The standard InChI is InChI=1S/C37H36Cl2N2O6S/c1-7-11-25-16-24(18-30(44-6)34(25)46-20-23-14-15-27(38)28(39)17-23)19-31-35(42)41-33(26-12-9-10-13-29(26)47-21(3)4)32(36(43)45-8-2)22(5)40-37(41)48-31/h7,9-10,12-19,21,33H,1,8,11,20H2,2-6H3/b31-19+/t33-/m1/s1. The number of thiazole rings is 1. The number of fused-ring (bicyclic) bond motifs is 1. The molecule has 11 heteroatoms. The molecule has 48 heavy (non-hydrogen) atoms. The number of hydrogen-bond acceptors (Lipinski definition) is 8. The Morgan fingerprint density at radius 2 is 1.88 bits per heavy atom. The van der Waals surface area contributed by atoms with E-state index in [0.717, 1.165) is 16.7 Å². The average molecular weight is 708 g/mol. The number of ether oxygens (including phenoxy) is 4. The van der Waals surface area contributed by atoms with E-state index in [2.05, 4.69) is 6.58 Å². The van der Waals surface area contributed by atoms with Crippen molar-refractivity contribution in [2.45, 2.75) is 52.9 Å². The normalized spacial score (nSPS) is 14.4. The summed E-state index contributed by atoms with van der Waals surface area (Å²) in [7, 11) is 1.56. The molecule has 250 valence electrons. The number of allylic oxidation sites excluding steroid dienone is 2. The summed E-state index contributed by atoms with van der Waals surface area (Å²) < 4.78 is 25.5. The first-order valence-electron chi connectivity index (χ1n) is 15.4. The fraction of sp³-hybridized carbons (Fsp3) is 0.270. The molecule has 0 saturated heterocycles. The summed E-state index contributed by atoms with van der Waals surface area (Å²) in [5.41, 5.74) is 3.50. The number of esters is 1. The molecule has 0 unspecified atom stereocenters. The lowest BCUT2D eigenvalue weighted by Gasteiger charge is -2.26. The minimum Gasteiger partial charge on any atom is -0.493 e. The van der Waals surface area contributed by atoms with Crippen LogP contribution in [-0.4, -0.2) is 30.4 Å². The van der Waals surface area contributed by atoms with Crippen LogP contribution in [0.25, 0.3) is 6.08 Å². The Labute approximate surface area is 293 Å². The summed E-state index contributed by atoms with van der Waals surface area (Å²) in [4.78, 5) is 32.8. The third kappa shape index (κ3) is 7.38. The summed E-state index contributed by atoms with van der Waals surface area (Å²) in [5, 5.41) is 0.905. The van der Waals surface area contributed by atoms with Gasteiger partial charge < -0.3 is 18.9 Å². The Balaban J connectivity index is 1.63. The molecule has 4 aromatic rings. The summed E-state index contributed by atoms with van der Waals surface area (Å²) >= 11 is 13.5. The van der Waals surface area contributed by atoms with E-state index in [1.807, 2.05) is 56.3 Å². The van der Waals surface area contributed by atoms with Gasteiger partial charge >= 0.3 is 5.97 Å². The summed E-state index contributed by atoms with van der Waals surface area (Å²) in [5.74, 6) is 1.08. The Morgan fingerprint density at radius 1 is 1.10 bits per heavy atom. The van der Waals surface area contributed by atoms with Crippen LogP contribution < -0.4 is 29.1 Å². The maximum absolute atomic E-state index is 14.3. The zero-order valence-electron chi connectivity index (χ0n) is 27.3.